The van der Waals surface area contributed by atoms with Gasteiger partial charge in [-0.15, -0.1) is 0 Å². The molecule has 0 radical (unpaired) electrons. The van der Waals surface area contributed by atoms with Gasteiger partial charge in [0.05, 0.1) is 6.54 Å². The summed E-state index contributed by atoms with van der Waals surface area (Å²) in [6, 6.07) is 12.6. The van der Waals surface area contributed by atoms with Crippen molar-refractivity contribution in [1.29, 1.82) is 0 Å². The van der Waals surface area contributed by atoms with E-state index in [9.17, 15) is 14.3 Å². The first-order valence-corrected chi connectivity index (χ1v) is 7.94. The minimum absolute atomic E-state index is 0.0422. The van der Waals surface area contributed by atoms with Crippen LogP contribution in [0.15, 0.2) is 53.1 Å². The SMILES string of the molecule is O=C(c1cccc(O)c1)N1CCc2onc(-c3ccccc3F)c2C1. The molecule has 2 heterocycles. The number of hydrogen-bond donors (Lipinski definition) is 1. The van der Waals surface area contributed by atoms with Crippen molar-refractivity contribution >= 4 is 5.91 Å². The number of halogens is 1. The van der Waals surface area contributed by atoms with Gasteiger partial charge in [-0.2, -0.15) is 0 Å². The maximum atomic E-state index is 14.1. The number of benzene rings is 2. The molecule has 3 aromatic rings. The number of carbonyl (C=O) groups excluding carboxylic acids is 1. The Labute approximate surface area is 143 Å². The summed E-state index contributed by atoms with van der Waals surface area (Å²) in [5.74, 6) is 0.149. The van der Waals surface area contributed by atoms with Gasteiger partial charge in [-0.25, -0.2) is 4.39 Å². The molecule has 4 rings (SSSR count). The van der Waals surface area contributed by atoms with Gasteiger partial charge in [-0.05, 0) is 30.3 Å². The third-order valence-electron chi connectivity index (χ3n) is 4.34. The van der Waals surface area contributed by atoms with Gasteiger partial charge in [0.2, 0.25) is 0 Å². The Morgan fingerprint density at radius 3 is 2.84 bits per heavy atom. The fourth-order valence-electron chi connectivity index (χ4n) is 3.07. The topological polar surface area (TPSA) is 66.6 Å². The minimum atomic E-state index is -0.380. The quantitative estimate of drug-likeness (QED) is 0.778. The van der Waals surface area contributed by atoms with Crippen LogP contribution in [0, 0.1) is 5.82 Å². The zero-order chi connectivity index (χ0) is 17.4. The van der Waals surface area contributed by atoms with E-state index in [2.05, 4.69) is 5.16 Å². The van der Waals surface area contributed by atoms with Crippen LogP contribution in [0.2, 0.25) is 0 Å². The highest BCUT2D eigenvalue weighted by atomic mass is 19.1. The number of aromatic nitrogens is 1. The van der Waals surface area contributed by atoms with Crippen LogP contribution in [0.5, 0.6) is 5.75 Å². The number of carbonyl (C=O) groups is 1. The fraction of sp³-hybridized carbons (Fsp3) is 0.158. The van der Waals surface area contributed by atoms with Crippen LogP contribution in [0.3, 0.4) is 0 Å². The highest BCUT2D eigenvalue weighted by Crippen LogP contribution is 2.32. The Kier molecular flexibility index (Phi) is 3.72. The number of amides is 1. The lowest BCUT2D eigenvalue weighted by atomic mass is 10.0. The van der Waals surface area contributed by atoms with Crippen molar-refractivity contribution in [2.75, 3.05) is 6.54 Å². The Hall–Kier alpha value is -3.15. The molecule has 0 atom stereocenters. The Balaban J connectivity index is 1.66. The van der Waals surface area contributed by atoms with E-state index in [1.165, 1.54) is 18.2 Å². The van der Waals surface area contributed by atoms with Gasteiger partial charge in [0, 0.05) is 29.7 Å². The van der Waals surface area contributed by atoms with E-state index in [4.69, 9.17) is 4.52 Å². The molecular weight excluding hydrogens is 323 g/mol. The molecule has 0 spiro atoms. The summed E-state index contributed by atoms with van der Waals surface area (Å²) >= 11 is 0. The van der Waals surface area contributed by atoms with Crippen LogP contribution >= 0.6 is 0 Å². The first-order valence-electron chi connectivity index (χ1n) is 7.94. The molecule has 0 saturated carbocycles. The van der Waals surface area contributed by atoms with E-state index >= 15 is 0 Å². The van der Waals surface area contributed by atoms with E-state index in [-0.39, 0.29) is 24.0 Å². The minimum Gasteiger partial charge on any atom is -0.508 e. The highest BCUT2D eigenvalue weighted by Gasteiger charge is 2.29. The van der Waals surface area contributed by atoms with E-state index in [0.29, 0.717) is 35.5 Å². The summed E-state index contributed by atoms with van der Waals surface area (Å²) in [7, 11) is 0. The number of fused-ring (bicyclic) bond motifs is 1. The van der Waals surface area contributed by atoms with Crippen molar-refractivity contribution in [3.05, 3.63) is 71.2 Å². The Bertz CT molecular complexity index is 951. The lowest BCUT2D eigenvalue weighted by molar-refractivity contribution is 0.0728. The first-order chi connectivity index (χ1) is 12.1. The monoisotopic (exact) mass is 338 g/mol. The molecule has 6 heteroatoms. The Morgan fingerprint density at radius 2 is 2.04 bits per heavy atom. The molecule has 5 nitrogen and oxygen atoms in total. The first kappa shape index (κ1) is 15.4. The second kappa shape index (κ2) is 6.05. The summed E-state index contributed by atoms with van der Waals surface area (Å²) in [5, 5.41) is 13.6. The molecule has 1 aromatic heterocycles. The average molecular weight is 338 g/mol. The Morgan fingerprint density at radius 1 is 1.20 bits per heavy atom. The lowest BCUT2D eigenvalue weighted by Crippen LogP contribution is -2.35. The second-order valence-corrected chi connectivity index (χ2v) is 5.94. The maximum absolute atomic E-state index is 14.1. The zero-order valence-electron chi connectivity index (χ0n) is 13.3. The molecule has 0 saturated heterocycles. The van der Waals surface area contributed by atoms with Crippen LogP contribution in [-0.2, 0) is 13.0 Å². The summed E-state index contributed by atoms with van der Waals surface area (Å²) < 4.78 is 19.5. The lowest BCUT2D eigenvalue weighted by Gasteiger charge is -2.26. The number of rotatable bonds is 2. The average Bonchev–Trinajstić information content (AvgIpc) is 3.04. The third kappa shape index (κ3) is 2.76. The number of aromatic hydroxyl groups is 1. The van der Waals surface area contributed by atoms with Crippen LogP contribution in [0.25, 0.3) is 11.3 Å². The van der Waals surface area contributed by atoms with Crippen molar-refractivity contribution in [2.24, 2.45) is 0 Å². The van der Waals surface area contributed by atoms with Crippen molar-refractivity contribution in [3.8, 4) is 17.0 Å². The molecule has 126 valence electrons. The molecule has 0 aliphatic carbocycles. The van der Waals surface area contributed by atoms with Crippen molar-refractivity contribution in [2.45, 2.75) is 13.0 Å². The molecule has 0 fully saturated rings. The maximum Gasteiger partial charge on any atom is 0.254 e. The number of nitrogens with zero attached hydrogens (tertiary/aromatic N) is 2. The van der Waals surface area contributed by atoms with Crippen molar-refractivity contribution in [3.63, 3.8) is 0 Å². The zero-order valence-corrected chi connectivity index (χ0v) is 13.3. The largest absolute Gasteiger partial charge is 0.508 e. The number of phenolic OH excluding ortho intramolecular Hbond substituents is 1. The smallest absolute Gasteiger partial charge is 0.254 e. The van der Waals surface area contributed by atoms with Gasteiger partial charge >= 0.3 is 0 Å². The molecule has 1 amide bonds. The summed E-state index contributed by atoms with van der Waals surface area (Å²) in [4.78, 5) is 14.3. The van der Waals surface area contributed by atoms with Crippen molar-refractivity contribution < 1.29 is 18.8 Å². The standard InChI is InChI=1S/C19H15FN2O3/c20-16-7-2-1-6-14(16)18-15-11-22(9-8-17(15)25-21-18)19(24)12-4-3-5-13(23)10-12/h1-7,10,23H,8-9,11H2. The molecule has 0 bridgehead atoms. The van der Waals surface area contributed by atoms with Crippen LogP contribution < -0.4 is 0 Å². The second-order valence-electron chi connectivity index (χ2n) is 5.94. The molecule has 2 aromatic carbocycles. The van der Waals surface area contributed by atoms with Crippen molar-refractivity contribution in [1.82, 2.24) is 10.1 Å². The predicted octanol–water partition coefficient (Wildman–Crippen LogP) is 3.38. The van der Waals surface area contributed by atoms with Gasteiger partial charge in [-0.3, -0.25) is 4.79 Å². The van der Waals surface area contributed by atoms with Gasteiger partial charge in [-0.1, -0.05) is 23.4 Å². The normalized spacial score (nSPS) is 13.6. The third-order valence-corrected chi connectivity index (χ3v) is 4.34. The van der Waals surface area contributed by atoms with Gasteiger partial charge in [0.25, 0.3) is 5.91 Å². The number of phenols is 1. The van der Waals surface area contributed by atoms with E-state index in [1.54, 1.807) is 35.2 Å². The molecule has 25 heavy (non-hydrogen) atoms. The predicted molar refractivity (Wildman–Crippen MR) is 88.4 cm³/mol. The van der Waals surface area contributed by atoms with Gasteiger partial charge in [0.15, 0.2) is 0 Å². The van der Waals surface area contributed by atoms with E-state index in [1.807, 2.05) is 0 Å². The highest BCUT2D eigenvalue weighted by molar-refractivity contribution is 5.94. The van der Waals surface area contributed by atoms with Crippen LogP contribution in [0.1, 0.15) is 21.7 Å². The van der Waals surface area contributed by atoms with Crippen LogP contribution in [-0.4, -0.2) is 27.6 Å². The molecule has 1 N–H and O–H groups in total. The van der Waals surface area contributed by atoms with E-state index in [0.717, 1.165) is 5.56 Å². The summed E-state index contributed by atoms with van der Waals surface area (Å²) in [6.45, 7) is 0.768. The van der Waals surface area contributed by atoms with E-state index < -0.39 is 0 Å². The molecule has 0 unspecified atom stereocenters. The van der Waals surface area contributed by atoms with Gasteiger partial charge in [0.1, 0.15) is 23.0 Å². The molecule has 1 aliphatic rings. The van der Waals surface area contributed by atoms with Gasteiger partial charge < -0.3 is 14.5 Å². The summed E-state index contributed by atoms with van der Waals surface area (Å²) in [6.07, 6.45) is 0.515. The molecular formula is C19H15FN2O3. The summed E-state index contributed by atoms with van der Waals surface area (Å²) in [5.41, 5.74) is 1.93. The number of hydrogen-bond acceptors (Lipinski definition) is 4. The molecule has 1 aliphatic heterocycles. The fourth-order valence-corrected chi connectivity index (χ4v) is 3.07. The van der Waals surface area contributed by atoms with Crippen LogP contribution in [0.4, 0.5) is 4.39 Å².